The molecule has 0 aliphatic rings. The molecule has 0 unspecified atom stereocenters. The SMILES string of the molecule is CCOCc1nc2cnc3cc(-c4cccnc4)ccc3c2n1CCNC(=O)OC(C)(C)C. The van der Waals surface area contributed by atoms with Crippen LogP contribution in [0.3, 0.4) is 0 Å². The number of rotatable bonds is 7. The standard InChI is InChI=1S/C25H29N5O3/c1-5-32-16-22-29-21-15-28-20-13-17(18-7-6-10-26-14-18)8-9-19(20)23(21)30(22)12-11-27-24(31)33-25(2,3)4/h6-10,13-15H,5,11-12,16H2,1-4H3,(H,27,31). The van der Waals surface area contributed by atoms with E-state index in [1.807, 2.05) is 46.0 Å². The first-order valence-electron chi connectivity index (χ1n) is 11.1. The number of amides is 1. The first kappa shape index (κ1) is 22.7. The minimum atomic E-state index is -0.542. The lowest BCUT2D eigenvalue weighted by Gasteiger charge is -2.20. The molecule has 1 aromatic carbocycles. The van der Waals surface area contributed by atoms with Crippen LogP contribution in [-0.2, 0) is 22.6 Å². The monoisotopic (exact) mass is 447 g/mol. The van der Waals surface area contributed by atoms with Crippen molar-refractivity contribution < 1.29 is 14.3 Å². The van der Waals surface area contributed by atoms with Crippen molar-refractivity contribution >= 4 is 28.0 Å². The molecule has 0 radical (unpaired) electrons. The number of carbonyl (C=O) groups excluding carboxylic acids is 1. The van der Waals surface area contributed by atoms with Gasteiger partial charge in [0.1, 0.15) is 23.5 Å². The van der Waals surface area contributed by atoms with E-state index >= 15 is 0 Å². The van der Waals surface area contributed by atoms with Gasteiger partial charge in [-0.1, -0.05) is 18.2 Å². The van der Waals surface area contributed by atoms with Crippen LogP contribution in [0, 0.1) is 0 Å². The molecular formula is C25H29N5O3. The number of imidazole rings is 1. The van der Waals surface area contributed by atoms with Crippen molar-refractivity contribution in [1.29, 1.82) is 0 Å². The molecule has 0 saturated heterocycles. The number of benzene rings is 1. The second-order valence-electron chi connectivity index (χ2n) is 8.71. The van der Waals surface area contributed by atoms with E-state index < -0.39 is 11.7 Å². The van der Waals surface area contributed by atoms with Gasteiger partial charge in [-0.3, -0.25) is 9.97 Å². The van der Waals surface area contributed by atoms with Crippen molar-refractivity contribution in [1.82, 2.24) is 24.8 Å². The molecule has 0 spiro atoms. The predicted octanol–water partition coefficient (Wildman–Crippen LogP) is 4.71. The molecule has 3 heterocycles. The molecule has 172 valence electrons. The first-order chi connectivity index (χ1) is 15.9. The Labute approximate surface area is 193 Å². The fourth-order valence-electron chi connectivity index (χ4n) is 3.70. The Hall–Kier alpha value is -3.52. The molecule has 1 amide bonds. The Balaban J connectivity index is 1.69. The van der Waals surface area contributed by atoms with E-state index in [2.05, 4.69) is 38.1 Å². The van der Waals surface area contributed by atoms with Gasteiger partial charge in [0.2, 0.25) is 0 Å². The lowest BCUT2D eigenvalue weighted by molar-refractivity contribution is 0.0526. The predicted molar refractivity (Wildman–Crippen MR) is 128 cm³/mol. The summed E-state index contributed by atoms with van der Waals surface area (Å²) in [5, 5.41) is 3.82. The maximum Gasteiger partial charge on any atom is 0.407 e. The third-order valence-corrected chi connectivity index (χ3v) is 5.09. The summed E-state index contributed by atoms with van der Waals surface area (Å²) in [5.74, 6) is 0.795. The largest absolute Gasteiger partial charge is 0.444 e. The molecule has 0 bridgehead atoms. The molecule has 3 aromatic heterocycles. The average molecular weight is 448 g/mol. The van der Waals surface area contributed by atoms with Crippen LogP contribution in [0.5, 0.6) is 0 Å². The third-order valence-electron chi connectivity index (χ3n) is 5.09. The van der Waals surface area contributed by atoms with Gasteiger partial charge >= 0.3 is 6.09 Å². The molecular weight excluding hydrogens is 418 g/mol. The second kappa shape index (κ2) is 9.54. The van der Waals surface area contributed by atoms with Gasteiger partial charge in [-0.15, -0.1) is 0 Å². The van der Waals surface area contributed by atoms with Crippen LogP contribution in [0.1, 0.15) is 33.5 Å². The Morgan fingerprint density at radius 1 is 1.12 bits per heavy atom. The summed E-state index contributed by atoms with van der Waals surface area (Å²) in [7, 11) is 0. The van der Waals surface area contributed by atoms with Crippen LogP contribution in [0.15, 0.2) is 48.9 Å². The number of ether oxygens (including phenoxy) is 2. The number of hydrogen-bond acceptors (Lipinski definition) is 6. The fourth-order valence-corrected chi connectivity index (χ4v) is 3.70. The zero-order valence-electron chi connectivity index (χ0n) is 19.5. The molecule has 4 aromatic rings. The van der Waals surface area contributed by atoms with Crippen molar-refractivity contribution in [2.75, 3.05) is 13.2 Å². The van der Waals surface area contributed by atoms with Crippen molar-refractivity contribution in [3.63, 3.8) is 0 Å². The van der Waals surface area contributed by atoms with Crippen molar-refractivity contribution in [3.05, 3.63) is 54.7 Å². The summed E-state index contributed by atoms with van der Waals surface area (Å²) in [5.41, 5.74) is 4.18. The molecule has 0 aliphatic heterocycles. The van der Waals surface area contributed by atoms with Crippen LogP contribution in [0.4, 0.5) is 4.79 Å². The normalized spacial score (nSPS) is 11.8. The van der Waals surface area contributed by atoms with E-state index in [1.165, 1.54) is 0 Å². The Morgan fingerprint density at radius 3 is 2.70 bits per heavy atom. The highest BCUT2D eigenvalue weighted by Crippen LogP contribution is 2.29. The van der Waals surface area contributed by atoms with E-state index in [-0.39, 0.29) is 0 Å². The summed E-state index contributed by atoms with van der Waals surface area (Å²) >= 11 is 0. The number of hydrogen-bond donors (Lipinski definition) is 1. The molecule has 0 fully saturated rings. The maximum absolute atomic E-state index is 12.1. The quantitative estimate of drug-likeness (QED) is 0.441. The Bertz CT molecular complexity index is 1260. The van der Waals surface area contributed by atoms with Gasteiger partial charge in [0.05, 0.1) is 17.2 Å². The summed E-state index contributed by atoms with van der Waals surface area (Å²) in [4.78, 5) is 25.7. The molecule has 33 heavy (non-hydrogen) atoms. The topological polar surface area (TPSA) is 91.2 Å². The van der Waals surface area contributed by atoms with Crippen LogP contribution in [0.25, 0.3) is 33.1 Å². The summed E-state index contributed by atoms with van der Waals surface area (Å²) in [6.45, 7) is 9.38. The molecule has 4 rings (SSSR count). The highest BCUT2D eigenvalue weighted by molar-refractivity contribution is 6.03. The lowest BCUT2D eigenvalue weighted by atomic mass is 10.0. The number of nitrogens with zero attached hydrogens (tertiary/aromatic N) is 4. The van der Waals surface area contributed by atoms with Crippen molar-refractivity contribution in [2.24, 2.45) is 0 Å². The number of alkyl carbamates (subject to hydrolysis) is 1. The summed E-state index contributed by atoms with van der Waals surface area (Å²) in [6, 6.07) is 10.1. The summed E-state index contributed by atoms with van der Waals surface area (Å²) < 4.78 is 13.1. The van der Waals surface area contributed by atoms with Gasteiger partial charge in [-0.25, -0.2) is 9.78 Å². The van der Waals surface area contributed by atoms with Crippen molar-refractivity contribution in [2.45, 2.75) is 46.4 Å². The zero-order valence-corrected chi connectivity index (χ0v) is 19.5. The lowest BCUT2D eigenvalue weighted by Crippen LogP contribution is -2.34. The van der Waals surface area contributed by atoms with Crippen molar-refractivity contribution in [3.8, 4) is 11.1 Å². The number of fused-ring (bicyclic) bond motifs is 3. The maximum atomic E-state index is 12.1. The Morgan fingerprint density at radius 2 is 1.97 bits per heavy atom. The third kappa shape index (κ3) is 5.28. The van der Waals surface area contributed by atoms with Gasteiger partial charge in [0.25, 0.3) is 0 Å². The molecule has 8 heteroatoms. The summed E-state index contributed by atoms with van der Waals surface area (Å²) in [6.07, 6.45) is 4.95. The molecule has 8 nitrogen and oxygen atoms in total. The zero-order chi connectivity index (χ0) is 23.4. The minimum Gasteiger partial charge on any atom is -0.444 e. The molecule has 0 aliphatic carbocycles. The fraction of sp³-hybridized carbons (Fsp3) is 0.360. The average Bonchev–Trinajstić information content (AvgIpc) is 3.14. The highest BCUT2D eigenvalue weighted by Gasteiger charge is 2.18. The van der Waals surface area contributed by atoms with Crippen LogP contribution >= 0.6 is 0 Å². The Kier molecular flexibility index (Phi) is 6.55. The number of aromatic nitrogens is 4. The van der Waals surface area contributed by atoms with E-state index in [1.54, 1.807) is 12.4 Å². The molecule has 0 atom stereocenters. The van der Waals surface area contributed by atoms with Crippen LogP contribution < -0.4 is 5.32 Å². The van der Waals surface area contributed by atoms with Crippen LogP contribution in [-0.4, -0.2) is 44.4 Å². The smallest absolute Gasteiger partial charge is 0.407 e. The molecule has 1 N–H and O–H groups in total. The van der Waals surface area contributed by atoms with Gasteiger partial charge in [0.15, 0.2) is 0 Å². The van der Waals surface area contributed by atoms with Gasteiger partial charge < -0.3 is 19.4 Å². The van der Waals surface area contributed by atoms with Gasteiger partial charge in [-0.05, 0) is 45.4 Å². The highest BCUT2D eigenvalue weighted by atomic mass is 16.6. The van der Waals surface area contributed by atoms with E-state index in [4.69, 9.17) is 14.5 Å². The number of carbonyl (C=O) groups is 1. The number of pyridine rings is 2. The van der Waals surface area contributed by atoms with E-state index in [0.717, 1.165) is 38.9 Å². The molecule has 0 saturated carbocycles. The minimum absolute atomic E-state index is 0.382. The second-order valence-corrected chi connectivity index (χ2v) is 8.71. The van der Waals surface area contributed by atoms with Gasteiger partial charge in [-0.2, -0.15) is 0 Å². The van der Waals surface area contributed by atoms with E-state index in [9.17, 15) is 4.79 Å². The first-order valence-corrected chi connectivity index (χ1v) is 11.1. The number of nitrogens with one attached hydrogen (secondary N) is 1. The van der Waals surface area contributed by atoms with Gasteiger partial charge in [0, 0.05) is 43.0 Å². The van der Waals surface area contributed by atoms with Crippen LogP contribution in [0.2, 0.25) is 0 Å². The van der Waals surface area contributed by atoms with E-state index in [0.29, 0.717) is 26.3 Å².